The molecule has 0 aliphatic carbocycles. The Balaban J connectivity index is 1.52. The quantitative estimate of drug-likeness (QED) is 0.396. The number of hydrogen-bond acceptors (Lipinski definition) is 5. The van der Waals surface area contributed by atoms with E-state index in [9.17, 15) is 4.79 Å². The Kier molecular flexibility index (Phi) is 6.91. The molecular weight excluding hydrogens is 422 g/mol. The van der Waals surface area contributed by atoms with Gasteiger partial charge in [0.05, 0.1) is 20.1 Å². The Morgan fingerprint density at radius 2 is 1.81 bits per heavy atom. The molecule has 2 aromatic heterocycles. The highest BCUT2D eigenvalue weighted by Crippen LogP contribution is 2.26. The van der Waals surface area contributed by atoms with E-state index in [4.69, 9.17) is 4.74 Å². The Labute approximate surface area is 191 Å². The average molecular weight is 448 g/mol. The summed E-state index contributed by atoms with van der Waals surface area (Å²) in [6.07, 6.45) is 4.20. The molecule has 7 nitrogen and oxygen atoms in total. The van der Waals surface area contributed by atoms with Gasteiger partial charge in [0, 0.05) is 30.9 Å². The first-order valence-corrected chi connectivity index (χ1v) is 11.2. The molecule has 0 spiro atoms. The summed E-state index contributed by atoms with van der Waals surface area (Å²) in [4.78, 5) is 12.4. The minimum Gasteiger partial charge on any atom is -0.497 e. The average Bonchev–Trinajstić information content (AvgIpc) is 3.42. The van der Waals surface area contributed by atoms with Crippen LogP contribution in [0.4, 0.5) is 0 Å². The number of thioether (sulfide) groups is 1. The highest BCUT2D eigenvalue weighted by atomic mass is 32.2. The van der Waals surface area contributed by atoms with Gasteiger partial charge < -0.3 is 14.6 Å². The van der Waals surface area contributed by atoms with Gasteiger partial charge in [-0.1, -0.05) is 42.1 Å². The fourth-order valence-corrected chi connectivity index (χ4v) is 4.24. The Morgan fingerprint density at radius 3 is 2.50 bits per heavy atom. The molecular formula is C24H25N5O2S. The van der Waals surface area contributed by atoms with Gasteiger partial charge in [0.2, 0.25) is 5.91 Å². The topological polar surface area (TPSA) is 74.0 Å². The van der Waals surface area contributed by atoms with E-state index >= 15 is 0 Å². The van der Waals surface area contributed by atoms with Crippen molar-refractivity contribution >= 4 is 17.7 Å². The fraction of sp³-hybridized carbons (Fsp3) is 0.208. The summed E-state index contributed by atoms with van der Waals surface area (Å²) in [7, 11) is 3.58. The third kappa shape index (κ3) is 5.39. The zero-order valence-corrected chi connectivity index (χ0v) is 18.9. The Hall–Kier alpha value is -3.52. The van der Waals surface area contributed by atoms with Crippen LogP contribution >= 0.6 is 11.8 Å². The smallest absolute Gasteiger partial charge is 0.224 e. The molecule has 2 heterocycles. The summed E-state index contributed by atoms with van der Waals surface area (Å²) in [5, 5.41) is 12.5. The largest absolute Gasteiger partial charge is 0.497 e. The molecule has 0 aliphatic heterocycles. The van der Waals surface area contributed by atoms with Crippen LogP contribution in [0.25, 0.3) is 5.69 Å². The lowest BCUT2D eigenvalue weighted by molar-refractivity contribution is -0.120. The molecule has 4 rings (SSSR count). The Morgan fingerprint density at radius 1 is 1.03 bits per heavy atom. The van der Waals surface area contributed by atoms with Crippen molar-refractivity contribution in [2.75, 3.05) is 7.11 Å². The number of nitrogens with one attached hydrogen (secondary N) is 1. The Bertz CT molecular complexity index is 1170. The molecule has 0 saturated carbocycles. The van der Waals surface area contributed by atoms with Gasteiger partial charge in [-0.25, -0.2) is 0 Å². The van der Waals surface area contributed by atoms with E-state index in [0.29, 0.717) is 12.2 Å². The van der Waals surface area contributed by atoms with E-state index in [1.165, 1.54) is 5.56 Å². The number of nitrogens with zero attached hydrogens (tertiary/aromatic N) is 4. The first kappa shape index (κ1) is 21.7. The fourth-order valence-electron chi connectivity index (χ4n) is 3.31. The van der Waals surface area contributed by atoms with Crippen LogP contribution < -0.4 is 10.1 Å². The molecule has 0 aliphatic rings. The maximum atomic E-state index is 12.4. The molecule has 0 bridgehead atoms. The van der Waals surface area contributed by atoms with Crippen molar-refractivity contribution in [1.82, 2.24) is 24.6 Å². The molecule has 0 atom stereocenters. The van der Waals surface area contributed by atoms with Crippen molar-refractivity contribution in [2.24, 2.45) is 7.05 Å². The highest BCUT2D eigenvalue weighted by Gasteiger charge is 2.16. The van der Waals surface area contributed by atoms with E-state index < -0.39 is 0 Å². The molecule has 8 heteroatoms. The van der Waals surface area contributed by atoms with Crippen molar-refractivity contribution in [3.05, 3.63) is 90.0 Å². The molecule has 0 fully saturated rings. The van der Waals surface area contributed by atoms with Gasteiger partial charge in [0.1, 0.15) is 5.75 Å². The van der Waals surface area contributed by atoms with Gasteiger partial charge in [-0.2, -0.15) is 0 Å². The maximum absolute atomic E-state index is 12.4. The summed E-state index contributed by atoms with van der Waals surface area (Å²) in [5.74, 6) is 2.17. The standard InChI is InChI=1S/C24H25N5O2S/c1-28-13-12-19(16-28)14-23(30)25-15-22-26-27-24(32-17-18-6-4-3-5-7-18)29(22)20-8-10-21(31-2)11-9-20/h3-13,16H,14-15,17H2,1-2H3,(H,25,30). The number of amides is 1. The molecule has 0 unspecified atom stereocenters. The number of carbonyl (C=O) groups is 1. The van der Waals surface area contributed by atoms with Gasteiger partial charge in [0.15, 0.2) is 11.0 Å². The number of benzene rings is 2. The molecule has 0 radical (unpaired) electrons. The van der Waals surface area contributed by atoms with Crippen molar-refractivity contribution in [3.8, 4) is 11.4 Å². The molecule has 2 aromatic carbocycles. The lowest BCUT2D eigenvalue weighted by Crippen LogP contribution is -2.26. The lowest BCUT2D eigenvalue weighted by Gasteiger charge is -2.12. The molecule has 164 valence electrons. The third-order valence-corrected chi connectivity index (χ3v) is 5.94. The predicted molar refractivity (Wildman–Crippen MR) is 125 cm³/mol. The summed E-state index contributed by atoms with van der Waals surface area (Å²) < 4.78 is 9.20. The molecule has 4 aromatic rings. The number of aromatic nitrogens is 4. The van der Waals surface area contributed by atoms with E-state index in [1.807, 2.05) is 77.1 Å². The second-order valence-corrected chi connectivity index (χ2v) is 8.29. The van der Waals surface area contributed by atoms with Crippen LogP contribution in [0.1, 0.15) is 17.0 Å². The van der Waals surface area contributed by atoms with Crippen LogP contribution in [0.3, 0.4) is 0 Å². The number of aryl methyl sites for hydroxylation is 1. The van der Waals surface area contributed by atoms with E-state index in [1.54, 1.807) is 18.9 Å². The second-order valence-electron chi connectivity index (χ2n) is 7.35. The molecule has 1 N–H and O–H groups in total. The van der Waals surface area contributed by atoms with Gasteiger partial charge >= 0.3 is 0 Å². The molecule has 0 saturated heterocycles. The van der Waals surface area contributed by atoms with Gasteiger partial charge in [0.25, 0.3) is 0 Å². The minimum atomic E-state index is -0.0565. The van der Waals surface area contributed by atoms with Crippen LogP contribution in [0, 0.1) is 0 Å². The number of carbonyl (C=O) groups excluding carboxylic acids is 1. The summed E-state index contributed by atoms with van der Waals surface area (Å²) >= 11 is 1.61. The number of hydrogen-bond donors (Lipinski definition) is 1. The van der Waals surface area contributed by atoms with Crippen LogP contribution in [0.15, 0.2) is 78.2 Å². The zero-order valence-electron chi connectivity index (χ0n) is 18.1. The van der Waals surface area contributed by atoms with Crippen molar-refractivity contribution < 1.29 is 9.53 Å². The first-order valence-electron chi connectivity index (χ1n) is 10.3. The lowest BCUT2D eigenvalue weighted by atomic mass is 10.2. The second kappa shape index (κ2) is 10.2. The van der Waals surface area contributed by atoms with Gasteiger partial charge in [-0.15, -0.1) is 10.2 Å². The van der Waals surface area contributed by atoms with Gasteiger partial charge in [-0.05, 0) is 41.5 Å². The summed E-state index contributed by atoms with van der Waals surface area (Å²) in [6.45, 7) is 0.288. The highest BCUT2D eigenvalue weighted by molar-refractivity contribution is 7.98. The number of ether oxygens (including phenoxy) is 1. The van der Waals surface area contributed by atoms with Gasteiger partial charge in [-0.3, -0.25) is 9.36 Å². The van der Waals surface area contributed by atoms with E-state index in [0.717, 1.165) is 27.9 Å². The summed E-state index contributed by atoms with van der Waals surface area (Å²) in [5.41, 5.74) is 3.10. The first-order chi connectivity index (χ1) is 15.6. The maximum Gasteiger partial charge on any atom is 0.224 e. The predicted octanol–water partition coefficient (Wildman–Crippen LogP) is 3.77. The monoisotopic (exact) mass is 447 g/mol. The van der Waals surface area contributed by atoms with Crippen LogP contribution in [0.5, 0.6) is 5.75 Å². The van der Waals surface area contributed by atoms with E-state index in [-0.39, 0.29) is 12.5 Å². The summed E-state index contributed by atoms with van der Waals surface area (Å²) in [6, 6.07) is 19.9. The SMILES string of the molecule is COc1ccc(-n2c(CNC(=O)Cc3ccn(C)c3)nnc2SCc2ccccc2)cc1. The minimum absolute atomic E-state index is 0.0565. The van der Waals surface area contributed by atoms with Crippen molar-refractivity contribution in [2.45, 2.75) is 23.9 Å². The number of rotatable bonds is 9. The third-order valence-electron chi connectivity index (χ3n) is 4.94. The van der Waals surface area contributed by atoms with E-state index in [2.05, 4.69) is 27.6 Å². The normalized spacial score (nSPS) is 10.8. The zero-order chi connectivity index (χ0) is 22.3. The van der Waals surface area contributed by atoms with Crippen LogP contribution in [-0.2, 0) is 30.6 Å². The van der Waals surface area contributed by atoms with Crippen LogP contribution in [-0.4, -0.2) is 32.3 Å². The van der Waals surface area contributed by atoms with Crippen LogP contribution in [0.2, 0.25) is 0 Å². The number of methoxy groups -OCH3 is 1. The van der Waals surface area contributed by atoms with Crippen molar-refractivity contribution in [3.63, 3.8) is 0 Å². The molecule has 32 heavy (non-hydrogen) atoms. The van der Waals surface area contributed by atoms with Crippen molar-refractivity contribution in [1.29, 1.82) is 0 Å². The molecule has 1 amide bonds.